The molecule has 0 fully saturated rings. The first-order valence-electron chi connectivity index (χ1n) is 5.56. The van der Waals surface area contributed by atoms with Crippen LogP contribution in [0.25, 0.3) is 0 Å². The highest BCUT2D eigenvalue weighted by Crippen LogP contribution is 2.12. The van der Waals surface area contributed by atoms with Crippen LogP contribution in [0.15, 0.2) is 31.0 Å². The fourth-order valence-electron chi connectivity index (χ4n) is 1.49. The molecule has 2 nitrogen and oxygen atoms in total. The second kappa shape index (κ2) is 6.23. The van der Waals surface area contributed by atoms with Gasteiger partial charge in [-0.15, -0.1) is 6.58 Å². The molecule has 1 unspecified atom stereocenters. The van der Waals surface area contributed by atoms with Crippen LogP contribution in [0.1, 0.15) is 31.9 Å². The van der Waals surface area contributed by atoms with Gasteiger partial charge in [0.1, 0.15) is 0 Å². The largest absolute Gasteiger partial charge is 0.381 e. The second-order valence-corrected chi connectivity index (χ2v) is 3.80. The number of aryl methyl sites for hydroxylation is 1. The SMILES string of the molecule is C=CCCC(CC)Nc1ccc(C)nc1. The molecule has 0 aliphatic carbocycles. The highest BCUT2D eigenvalue weighted by atomic mass is 14.9. The van der Waals surface area contributed by atoms with Gasteiger partial charge in [0.05, 0.1) is 11.9 Å². The number of nitrogens with zero attached hydrogens (tertiary/aromatic N) is 1. The van der Waals surface area contributed by atoms with Crippen molar-refractivity contribution in [1.29, 1.82) is 0 Å². The molecule has 0 saturated heterocycles. The lowest BCUT2D eigenvalue weighted by Gasteiger charge is -2.17. The summed E-state index contributed by atoms with van der Waals surface area (Å²) in [5.74, 6) is 0. The number of allylic oxidation sites excluding steroid dienone is 1. The third kappa shape index (κ3) is 4.15. The van der Waals surface area contributed by atoms with Crippen molar-refractivity contribution >= 4 is 5.69 Å². The lowest BCUT2D eigenvalue weighted by atomic mass is 10.1. The zero-order chi connectivity index (χ0) is 11.1. The van der Waals surface area contributed by atoms with Crippen molar-refractivity contribution in [3.05, 3.63) is 36.7 Å². The van der Waals surface area contributed by atoms with Gasteiger partial charge in [0.15, 0.2) is 0 Å². The zero-order valence-electron chi connectivity index (χ0n) is 9.66. The lowest BCUT2D eigenvalue weighted by molar-refractivity contribution is 0.641. The fraction of sp³-hybridized carbons (Fsp3) is 0.462. The summed E-state index contributed by atoms with van der Waals surface area (Å²) < 4.78 is 0. The summed E-state index contributed by atoms with van der Waals surface area (Å²) in [6.45, 7) is 7.94. The van der Waals surface area contributed by atoms with Crippen molar-refractivity contribution in [1.82, 2.24) is 4.98 Å². The Labute approximate surface area is 92.4 Å². The number of anilines is 1. The summed E-state index contributed by atoms with van der Waals surface area (Å²) in [4.78, 5) is 4.26. The van der Waals surface area contributed by atoms with Gasteiger partial charge in [-0.05, 0) is 38.3 Å². The molecule has 0 aliphatic heterocycles. The Bertz CT molecular complexity index is 290. The van der Waals surface area contributed by atoms with Crippen LogP contribution in [0.4, 0.5) is 5.69 Å². The molecule has 1 N–H and O–H groups in total. The van der Waals surface area contributed by atoms with Crippen molar-refractivity contribution in [2.75, 3.05) is 5.32 Å². The van der Waals surface area contributed by atoms with Gasteiger partial charge in [-0.1, -0.05) is 13.0 Å². The summed E-state index contributed by atoms with van der Waals surface area (Å²) in [5.41, 5.74) is 2.16. The Balaban J connectivity index is 2.50. The number of hydrogen-bond donors (Lipinski definition) is 1. The van der Waals surface area contributed by atoms with Gasteiger partial charge in [0.2, 0.25) is 0 Å². The van der Waals surface area contributed by atoms with E-state index in [1.165, 1.54) is 0 Å². The van der Waals surface area contributed by atoms with Crippen molar-refractivity contribution in [3.8, 4) is 0 Å². The fourth-order valence-corrected chi connectivity index (χ4v) is 1.49. The normalized spacial score (nSPS) is 12.1. The maximum Gasteiger partial charge on any atom is 0.0529 e. The molecule has 0 amide bonds. The van der Waals surface area contributed by atoms with Crippen LogP contribution in [-0.2, 0) is 0 Å². The summed E-state index contributed by atoms with van der Waals surface area (Å²) in [7, 11) is 0. The zero-order valence-corrected chi connectivity index (χ0v) is 9.66. The minimum atomic E-state index is 0.521. The lowest BCUT2D eigenvalue weighted by Crippen LogP contribution is -2.18. The van der Waals surface area contributed by atoms with E-state index in [0.29, 0.717) is 6.04 Å². The van der Waals surface area contributed by atoms with Gasteiger partial charge in [-0.3, -0.25) is 4.98 Å². The number of pyridine rings is 1. The van der Waals surface area contributed by atoms with Crippen LogP contribution >= 0.6 is 0 Å². The second-order valence-electron chi connectivity index (χ2n) is 3.80. The Morgan fingerprint density at radius 3 is 2.87 bits per heavy atom. The van der Waals surface area contributed by atoms with Gasteiger partial charge in [0, 0.05) is 11.7 Å². The van der Waals surface area contributed by atoms with Gasteiger partial charge < -0.3 is 5.32 Å². The van der Waals surface area contributed by atoms with E-state index in [1.54, 1.807) is 0 Å². The smallest absolute Gasteiger partial charge is 0.0529 e. The highest BCUT2D eigenvalue weighted by Gasteiger charge is 2.04. The van der Waals surface area contributed by atoms with E-state index in [0.717, 1.165) is 30.6 Å². The third-order valence-corrected chi connectivity index (χ3v) is 2.49. The van der Waals surface area contributed by atoms with Crippen LogP contribution < -0.4 is 5.32 Å². The first-order valence-corrected chi connectivity index (χ1v) is 5.56. The van der Waals surface area contributed by atoms with Gasteiger partial charge in [-0.2, -0.15) is 0 Å². The molecule has 0 bridgehead atoms. The molecule has 2 heteroatoms. The summed E-state index contributed by atoms with van der Waals surface area (Å²) >= 11 is 0. The molecule has 82 valence electrons. The maximum absolute atomic E-state index is 4.26. The van der Waals surface area contributed by atoms with E-state index >= 15 is 0 Å². The van der Waals surface area contributed by atoms with Crippen molar-refractivity contribution in [2.24, 2.45) is 0 Å². The molecule has 0 radical (unpaired) electrons. The van der Waals surface area contributed by atoms with Crippen molar-refractivity contribution in [2.45, 2.75) is 39.2 Å². The van der Waals surface area contributed by atoms with Gasteiger partial charge in [0.25, 0.3) is 0 Å². The van der Waals surface area contributed by atoms with E-state index in [9.17, 15) is 0 Å². The quantitative estimate of drug-likeness (QED) is 0.717. The molecule has 1 aromatic rings. The number of rotatable bonds is 6. The number of aromatic nitrogens is 1. The van der Waals surface area contributed by atoms with Crippen molar-refractivity contribution < 1.29 is 0 Å². The first-order chi connectivity index (χ1) is 7.26. The van der Waals surface area contributed by atoms with Crippen LogP contribution in [-0.4, -0.2) is 11.0 Å². The monoisotopic (exact) mass is 204 g/mol. The summed E-state index contributed by atoms with van der Waals surface area (Å²) in [6.07, 6.45) is 7.18. The van der Waals surface area contributed by atoms with Gasteiger partial charge >= 0.3 is 0 Å². The van der Waals surface area contributed by atoms with Crippen molar-refractivity contribution in [3.63, 3.8) is 0 Å². The Morgan fingerprint density at radius 1 is 1.53 bits per heavy atom. The highest BCUT2D eigenvalue weighted by molar-refractivity contribution is 5.41. The van der Waals surface area contributed by atoms with Crippen LogP contribution in [0, 0.1) is 6.92 Å². The molecule has 1 aromatic heterocycles. The molecule has 15 heavy (non-hydrogen) atoms. The van der Waals surface area contributed by atoms with E-state index in [-0.39, 0.29) is 0 Å². The molecule has 0 saturated carbocycles. The summed E-state index contributed by atoms with van der Waals surface area (Å²) in [5, 5.41) is 3.48. The van der Waals surface area contributed by atoms with Gasteiger partial charge in [-0.25, -0.2) is 0 Å². The number of hydrogen-bond acceptors (Lipinski definition) is 2. The molecule has 1 rings (SSSR count). The van der Waals surface area contributed by atoms with E-state index in [1.807, 2.05) is 25.3 Å². The molecular formula is C13H20N2. The molecular weight excluding hydrogens is 184 g/mol. The molecule has 1 heterocycles. The first kappa shape index (κ1) is 11.8. The minimum Gasteiger partial charge on any atom is -0.381 e. The Hall–Kier alpha value is -1.31. The standard InChI is InChI=1S/C13H20N2/c1-4-6-7-12(5-2)15-13-9-8-11(3)14-10-13/h4,8-10,12,15H,1,5-7H2,2-3H3. The topological polar surface area (TPSA) is 24.9 Å². The van der Waals surface area contributed by atoms with Crippen LogP contribution in [0.2, 0.25) is 0 Å². The predicted molar refractivity (Wildman–Crippen MR) is 66.1 cm³/mol. The molecule has 0 aromatic carbocycles. The summed E-state index contributed by atoms with van der Waals surface area (Å²) in [6, 6.07) is 4.63. The third-order valence-electron chi connectivity index (χ3n) is 2.49. The average molecular weight is 204 g/mol. The average Bonchev–Trinajstić information content (AvgIpc) is 2.27. The molecule has 0 aliphatic rings. The van der Waals surface area contributed by atoms with Crippen LogP contribution in [0.5, 0.6) is 0 Å². The molecule has 1 atom stereocenters. The van der Waals surface area contributed by atoms with E-state index in [2.05, 4.69) is 29.9 Å². The Morgan fingerprint density at radius 2 is 2.33 bits per heavy atom. The predicted octanol–water partition coefficient (Wildman–Crippen LogP) is 3.55. The Kier molecular flexibility index (Phi) is 4.88. The van der Waals surface area contributed by atoms with Crippen LogP contribution in [0.3, 0.4) is 0 Å². The van der Waals surface area contributed by atoms with E-state index in [4.69, 9.17) is 0 Å². The molecule has 0 spiro atoms. The van der Waals surface area contributed by atoms with E-state index < -0.39 is 0 Å². The minimum absolute atomic E-state index is 0.521. The maximum atomic E-state index is 4.26. The number of nitrogens with one attached hydrogen (secondary N) is 1.